The maximum Gasteiger partial charge on any atom is 0.319 e. The number of hydrogen-bond acceptors (Lipinski definition) is 3. The van der Waals surface area contributed by atoms with Gasteiger partial charge in [-0.15, -0.1) is 0 Å². The van der Waals surface area contributed by atoms with Crippen molar-refractivity contribution in [2.24, 2.45) is 0 Å². The molecule has 5 nitrogen and oxygen atoms in total. The summed E-state index contributed by atoms with van der Waals surface area (Å²) in [4.78, 5) is 11.8. The van der Waals surface area contributed by atoms with Crippen LogP contribution in [0.25, 0.3) is 0 Å². The molecule has 1 atom stereocenters. The minimum Gasteiger partial charge on any atom is -0.489 e. The van der Waals surface area contributed by atoms with Crippen LogP contribution in [0, 0.1) is 0 Å². The van der Waals surface area contributed by atoms with Crippen molar-refractivity contribution in [2.75, 3.05) is 11.9 Å². The number of amides is 2. The first-order chi connectivity index (χ1) is 9.52. The van der Waals surface area contributed by atoms with Crippen molar-refractivity contribution < 1.29 is 14.6 Å². The predicted molar refractivity (Wildman–Crippen MR) is 80.1 cm³/mol. The number of ether oxygens (including phenoxy) is 1. The number of urea groups is 1. The van der Waals surface area contributed by atoms with Crippen LogP contribution >= 0.6 is 0 Å². The summed E-state index contributed by atoms with van der Waals surface area (Å²) in [6.45, 7) is 6.09. The molecule has 0 fully saturated rings. The molecule has 3 N–H and O–H groups in total. The number of anilines is 1. The average Bonchev–Trinajstić information content (AvgIpc) is 2.38. The number of carbonyl (C=O) groups is 1. The molecular formula is C15H24N2O3. The topological polar surface area (TPSA) is 70.6 Å². The highest BCUT2D eigenvalue weighted by molar-refractivity contribution is 5.90. The van der Waals surface area contributed by atoms with E-state index < -0.39 is 6.10 Å². The summed E-state index contributed by atoms with van der Waals surface area (Å²) in [7, 11) is 0. The standard InChI is InChI=1S/C15H24N2O3/c1-4-7-12(18)10-16-15(19)17-13-8-5-6-9-14(13)20-11(2)3/h5-6,8-9,11-12,18H,4,7,10H2,1-3H3,(H2,16,17,19). The van der Waals surface area contributed by atoms with E-state index in [2.05, 4.69) is 10.6 Å². The highest BCUT2D eigenvalue weighted by atomic mass is 16.5. The Kier molecular flexibility index (Phi) is 6.87. The van der Waals surface area contributed by atoms with Crippen molar-refractivity contribution in [3.8, 4) is 5.75 Å². The number of benzene rings is 1. The largest absolute Gasteiger partial charge is 0.489 e. The van der Waals surface area contributed by atoms with E-state index in [1.54, 1.807) is 6.07 Å². The van der Waals surface area contributed by atoms with Gasteiger partial charge in [-0.3, -0.25) is 0 Å². The van der Waals surface area contributed by atoms with Crippen LogP contribution in [0.2, 0.25) is 0 Å². The molecule has 2 amide bonds. The smallest absolute Gasteiger partial charge is 0.319 e. The van der Waals surface area contributed by atoms with Gasteiger partial charge in [0.25, 0.3) is 0 Å². The van der Waals surface area contributed by atoms with E-state index in [4.69, 9.17) is 4.74 Å². The summed E-state index contributed by atoms with van der Waals surface area (Å²) in [5.74, 6) is 0.631. The number of nitrogens with one attached hydrogen (secondary N) is 2. The fourth-order valence-electron chi connectivity index (χ4n) is 1.74. The van der Waals surface area contributed by atoms with Crippen LogP contribution < -0.4 is 15.4 Å². The zero-order chi connectivity index (χ0) is 15.0. The van der Waals surface area contributed by atoms with E-state index in [0.29, 0.717) is 17.9 Å². The lowest BCUT2D eigenvalue weighted by Crippen LogP contribution is -2.35. The van der Waals surface area contributed by atoms with Crippen LogP contribution in [0.1, 0.15) is 33.6 Å². The molecule has 1 aromatic carbocycles. The van der Waals surface area contributed by atoms with E-state index in [9.17, 15) is 9.90 Å². The van der Waals surface area contributed by atoms with Crippen LogP contribution in [-0.4, -0.2) is 29.9 Å². The normalized spacial score (nSPS) is 12.1. The Hall–Kier alpha value is -1.75. The molecule has 0 saturated carbocycles. The Morgan fingerprint density at radius 2 is 2.05 bits per heavy atom. The molecule has 20 heavy (non-hydrogen) atoms. The van der Waals surface area contributed by atoms with Gasteiger partial charge in [-0.25, -0.2) is 4.79 Å². The third-order valence-corrected chi connectivity index (χ3v) is 2.62. The molecule has 0 heterocycles. The number of aliphatic hydroxyl groups is 1. The molecule has 1 rings (SSSR count). The molecule has 0 spiro atoms. The van der Waals surface area contributed by atoms with E-state index in [1.165, 1.54) is 0 Å². The summed E-state index contributed by atoms with van der Waals surface area (Å²) in [6, 6.07) is 6.92. The molecule has 0 aliphatic carbocycles. The van der Waals surface area contributed by atoms with Crippen molar-refractivity contribution in [1.82, 2.24) is 5.32 Å². The van der Waals surface area contributed by atoms with Crippen molar-refractivity contribution in [3.63, 3.8) is 0 Å². The summed E-state index contributed by atoms with van der Waals surface area (Å²) in [5, 5.41) is 14.9. The van der Waals surface area contributed by atoms with Gasteiger partial charge in [-0.1, -0.05) is 25.5 Å². The molecule has 0 radical (unpaired) electrons. The first-order valence-electron chi connectivity index (χ1n) is 7.01. The number of hydrogen-bond donors (Lipinski definition) is 3. The molecule has 5 heteroatoms. The van der Waals surface area contributed by atoms with E-state index in [1.807, 2.05) is 39.0 Å². The Labute approximate surface area is 120 Å². The van der Waals surface area contributed by atoms with Gasteiger partial charge in [0.2, 0.25) is 0 Å². The SMILES string of the molecule is CCCC(O)CNC(=O)Nc1ccccc1OC(C)C. The predicted octanol–water partition coefficient (Wildman–Crippen LogP) is 2.76. The van der Waals surface area contributed by atoms with Gasteiger partial charge in [-0.05, 0) is 32.4 Å². The molecule has 0 bridgehead atoms. The molecule has 0 aliphatic rings. The maximum absolute atomic E-state index is 11.8. The lowest BCUT2D eigenvalue weighted by molar-refractivity contribution is 0.162. The van der Waals surface area contributed by atoms with Crippen molar-refractivity contribution in [3.05, 3.63) is 24.3 Å². The van der Waals surface area contributed by atoms with Crippen LogP contribution in [-0.2, 0) is 0 Å². The fourth-order valence-corrected chi connectivity index (χ4v) is 1.74. The molecule has 0 aromatic heterocycles. The Balaban J connectivity index is 2.53. The maximum atomic E-state index is 11.8. The first-order valence-corrected chi connectivity index (χ1v) is 7.01. The lowest BCUT2D eigenvalue weighted by Gasteiger charge is -2.16. The summed E-state index contributed by atoms with van der Waals surface area (Å²) < 4.78 is 5.62. The second-order valence-corrected chi connectivity index (χ2v) is 4.94. The second kappa shape index (κ2) is 8.43. The highest BCUT2D eigenvalue weighted by Gasteiger charge is 2.10. The summed E-state index contributed by atoms with van der Waals surface area (Å²) in [5.41, 5.74) is 0.615. The highest BCUT2D eigenvalue weighted by Crippen LogP contribution is 2.24. The molecule has 1 aromatic rings. The third kappa shape index (κ3) is 5.93. The minimum atomic E-state index is -0.507. The number of rotatable bonds is 7. The quantitative estimate of drug-likeness (QED) is 0.719. The summed E-state index contributed by atoms with van der Waals surface area (Å²) >= 11 is 0. The van der Waals surface area contributed by atoms with Gasteiger partial charge in [0.1, 0.15) is 5.75 Å². The van der Waals surface area contributed by atoms with Gasteiger partial charge in [0.15, 0.2) is 0 Å². The van der Waals surface area contributed by atoms with Crippen molar-refractivity contribution in [2.45, 2.75) is 45.8 Å². The second-order valence-electron chi connectivity index (χ2n) is 4.94. The van der Waals surface area contributed by atoms with Crippen molar-refractivity contribution >= 4 is 11.7 Å². The van der Waals surface area contributed by atoms with Crippen LogP contribution in [0.5, 0.6) is 5.75 Å². The molecule has 0 saturated heterocycles. The monoisotopic (exact) mass is 280 g/mol. The fraction of sp³-hybridized carbons (Fsp3) is 0.533. The first kappa shape index (κ1) is 16.3. The van der Waals surface area contributed by atoms with Crippen LogP contribution in [0.15, 0.2) is 24.3 Å². The average molecular weight is 280 g/mol. The van der Waals surface area contributed by atoms with Gasteiger partial charge in [0.05, 0.1) is 17.9 Å². The molecule has 0 aliphatic heterocycles. The molecule has 112 valence electrons. The summed E-state index contributed by atoms with van der Waals surface area (Å²) in [6.07, 6.45) is 1.09. The van der Waals surface area contributed by atoms with Gasteiger partial charge < -0.3 is 20.5 Å². The number of para-hydroxylation sites is 2. The van der Waals surface area contributed by atoms with E-state index in [0.717, 1.165) is 6.42 Å². The Morgan fingerprint density at radius 1 is 1.35 bits per heavy atom. The Bertz CT molecular complexity index is 421. The minimum absolute atomic E-state index is 0.0346. The third-order valence-electron chi connectivity index (χ3n) is 2.62. The van der Waals surface area contributed by atoms with Gasteiger partial charge in [-0.2, -0.15) is 0 Å². The number of carbonyl (C=O) groups excluding carboxylic acids is 1. The van der Waals surface area contributed by atoms with Crippen LogP contribution in [0.4, 0.5) is 10.5 Å². The van der Waals surface area contributed by atoms with Gasteiger partial charge >= 0.3 is 6.03 Å². The molecular weight excluding hydrogens is 256 g/mol. The molecule has 1 unspecified atom stereocenters. The Morgan fingerprint density at radius 3 is 2.70 bits per heavy atom. The lowest BCUT2D eigenvalue weighted by atomic mass is 10.2. The van der Waals surface area contributed by atoms with Crippen LogP contribution in [0.3, 0.4) is 0 Å². The zero-order valence-corrected chi connectivity index (χ0v) is 12.3. The van der Waals surface area contributed by atoms with Gasteiger partial charge in [0, 0.05) is 6.54 Å². The van der Waals surface area contributed by atoms with E-state index >= 15 is 0 Å². The number of aliphatic hydroxyl groups excluding tert-OH is 1. The zero-order valence-electron chi connectivity index (χ0n) is 12.3. The van der Waals surface area contributed by atoms with E-state index in [-0.39, 0.29) is 18.7 Å². The van der Waals surface area contributed by atoms with Crippen molar-refractivity contribution in [1.29, 1.82) is 0 Å².